The summed E-state index contributed by atoms with van der Waals surface area (Å²) in [5.74, 6) is 0. The highest BCUT2D eigenvalue weighted by molar-refractivity contribution is 5.37. The van der Waals surface area contributed by atoms with Crippen LogP contribution in [0.2, 0.25) is 0 Å². The van der Waals surface area contributed by atoms with Gasteiger partial charge in [-0.3, -0.25) is 0 Å². The summed E-state index contributed by atoms with van der Waals surface area (Å²) in [6.07, 6.45) is 0. The van der Waals surface area contributed by atoms with E-state index in [0.717, 1.165) is 11.1 Å². The molecule has 20 heavy (non-hydrogen) atoms. The summed E-state index contributed by atoms with van der Waals surface area (Å²) in [5, 5.41) is 14.8. The van der Waals surface area contributed by atoms with Crippen LogP contribution in [0, 0.1) is 0 Å². The summed E-state index contributed by atoms with van der Waals surface area (Å²) < 4.78 is 0. The second-order valence-corrected chi connectivity index (χ2v) is 5.54. The van der Waals surface area contributed by atoms with Crippen LogP contribution < -0.4 is 5.32 Å². The first-order valence-corrected chi connectivity index (χ1v) is 7.14. The molecule has 0 heterocycles. The van der Waals surface area contributed by atoms with E-state index in [2.05, 4.69) is 19.2 Å². The molecule has 2 N–H and O–H groups in total. The topological polar surface area (TPSA) is 32.3 Å². The Bertz CT molecular complexity index is 482. The lowest BCUT2D eigenvalue weighted by atomic mass is 9.80. The lowest BCUT2D eigenvalue weighted by Gasteiger charge is -2.37. The summed E-state index contributed by atoms with van der Waals surface area (Å²) in [5.41, 5.74) is 0.783. The molecule has 0 radical (unpaired) electrons. The van der Waals surface area contributed by atoms with Gasteiger partial charge in [0.2, 0.25) is 0 Å². The molecule has 0 amide bonds. The van der Waals surface area contributed by atoms with Crippen molar-refractivity contribution in [3.05, 3.63) is 71.8 Å². The molecular weight excluding hydrogens is 246 g/mol. The van der Waals surface area contributed by atoms with Crippen molar-refractivity contribution in [2.45, 2.75) is 38.5 Å². The minimum Gasteiger partial charge on any atom is -0.379 e. The first-order valence-electron chi connectivity index (χ1n) is 7.14. The molecule has 2 aromatic carbocycles. The molecule has 0 aromatic heterocycles. The summed E-state index contributed by atoms with van der Waals surface area (Å²) in [4.78, 5) is 0. The first kappa shape index (κ1) is 14.8. The summed E-state index contributed by atoms with van der Waals surface area (Å²) in [6, 6.07) is 19.9. The van der Waals surface area contributed by atoms with Crippen LogP contribution in [-0.2, 0) is 5.60 Å². The van der Waals surface area contributed by atoms with Crippen molar-refractivity contribution in [1.82, 2.24) is 5.32 Å². The molecule has 2 heteroatoms. The molecule has 0 spiro atoms. The standard InChI is InChI=1S/C18H23NO/c1-14(2)19-15(3)18(20,16-10-6-4-7-11-16)17-12-8-5-9-13-17/h4-15,19-20H,1-3H3/t15-/m0/s1. The van der Waals surface area contributed by atoms with E-state index < -0.39 is 5.60 Å². The third-order valence-corrected chi connectivity index (χ3v) is 3.64. The van der Waals surface area contributed by atoms with E-state index in [4.69, 9.17) is 0 Å². The second kappa shape index (κ2) is 6.21. The fraction of sp³-hybridized carbons (Fsp3) is 0.333. The molecule has 106 valence electrons. The number of benzene rings is 2. The van der Waals surface area contributed by atoms with Gasteiger partial charge in [-0.25, -0.2) is 0 Å². The Morgan fingerprint density at radius 3 is 1.55 bits per heavy atom. The molecule has 2 aromatic rings. The summed E-state index contributed by atoms with van der Waals surface area (Å²) >= 11 is 0. The maximum absolute atomic E-state index is 11.4. The monoisotopic (exact) mass is 269 g/mol. The van der Waals surface area contributed by atoms with Gasteiger partial charge in [0, 0.05) is 12.1 Å². The molecule has 1 atom stereocenters. The van der Waals surface area contributed by atoms with Crippen molar-refractivity contribution >= 4 is 0 Å². The van der Waals surface area contributed by atoms with Gasteiger partial charge in [-0.1, -0.05) is 74.5 Å². The molecule has 0 aliphatic rings. The van der Waals surface area contributed by atoms with Gasteiger partial charge in [0.1, 0.15) is 5.60 Å². The smallest absolute Gasteiger partial charge is 0.130 e. The molecule has 2 rings (SSSR count). The van der Waals surface area contributed by atoms with E-state index in [1.54, 1.807) is 0 Å². The summed E-state index contributed by atoms with van der Waals surface area (Å²) in [7, 11) is 0. The zero-order chi connectivity index (χ0) is 14.6. The van der Waals surface area contributed by atoms with Gasteiger partial charge in [-0.2, -0.15) is 0 Å². The highest BCUT2D eigenvalue weighted by atomic mass is 16.3. The summed E-state index contributed by atoms with van der Waals surface area (Å²) in [6.45, 7) is 6.21. The lowest BCUT2D eigenvalue weighted by molar-refractivity contribution is 0.0407. The Labute approximate surface area is 121 Å². The maximum atomic E-state index is 11.4. The Morgan fingerprint density at radius 1 is 0.800 bits per heavy atom. The SMILES string of the molecule is CC(C)N[C@@H](C)C(O)(c1ccccc1)c1ccccc1. The Balaban J connectivity index is 2.49. The highest BCUT2D eigenvalue weighted by Gasteiger charge is 2.37. The lowest BCUT2D eigenvalue weighted by Crippen LogP contribution is -2.49. The first-order chi connectivity index (χ1) is 9.55. The van der Waals surface area contributed by atoms with E-state index in [0.29, 0.717) is 6.04 Å². The van der Waals surface area contributed by atoms with Crippen LogP contribution in [0.3, 0.4) is 0 Å². The normalized spacial score (nSPS) is 13.4. The molecule has 0 aliphatic carbocycles. The van der Waals surface area contributed by atoms with Crippen molar-refractivity contribution in [2.24, 2.45) is 0 Å². The predicted molar refractivity (Wildman–Crippen MR) is 83.6 cm³/mol. The van der Waals surface area contributed by atoms with Crippen molar-refractivity contribution in [3.63, 3.8) is 0 Å². The molecule has 0 unspecified atom stereocenters. The van der Waals surface area contributed by atoms with E-state index in [1.165, 1.54) is 0 Å². The van der Waals surface area contributed by atoms with Gasteiger partial charge in [-0.05, 0) is 18.1 Å². The predicted octanol–water partition coefficient (Wildman–Crippen LogP) is 3.31. The molecular formula is C18H23NO. The van der Waals surface area contributed by atoms with Crippen molar-refractivity contribution in [2.75, 3.05) is 0 Å². The molecule has 0 aliphatic heterocycles. The highest BCUT2D eigenvalue weighted by Crippen LogP contribution is 2.33. The number of aliphatic hydroxyl groups is 1. The molecule has 0 saturated heterocycles. The quantitative estimate of drug-likeness (QED) is 0.873. The van der Waals surface area contributed by atoms with Crippen LogP contribution in [0.25, 0.3) is 0 Å². The third-order valence-electron chi connectivity index (χ3n) is 3.64. The number of nitrogens with one attached hydrogen (secondary N) is 1. The van der Waals surface area contributed by atoms with Gasteiger partial charge in [0.25, 0.3) is 0 Å². The number of hydrogen-bond acceptors (Lipinski definition) is 2. The third kappa shape index (κ3) is 2.92. The minimum atomic E-state index is -1.03. The van der Waals surface area contributed by atoms with Gasteiger partial charge in [0.05, 0.1) is 0 Å². The molecule has 0 fully saturated rings. The molecule has 0 bridgehead atoms. The zero-order valence-electron chi connectivity index (χ0n) is 12.4. The number of hydrogen-bond donors (Lipinski definition) is 2. The average Bonchev–Trinajstić information content (AvgIpc) is 2.47. The number of rotatable bonds is 5. The van der Waals surface area contributed by atoms with E-state index in [9.17, 15) is 5.11 Å². The maximum Gasteiger partial charge on any atom is 0.130 e. The van der Waals surface area contributed by atoms with Gasteiger partial charge in [-0.15, -0.1) is 0 Å². The van der Waals surface area contributed by atoms with Crippen LogP contribution in [0.15, 0.2) is 60.7 Å². The minimum absolute atomic E-state index is 0.0905. The van der Waals surface area contributed by atoms with Crippen LogP contribution in [-0.4, -0.2) is 17.2 Å². The Morgan fingerprint density at radius 2 is 1.20 bits per heavy atom. The van der Waals surface area contributed by atoms with Crippen molar-refractivity contribution < 1.29 is 5.11 Å². The Hall–Kier alpha value is -1.64. The largest absolute Gasteiger partial charge is 0.379 e. The van der Waals surface area contributed by atoms with Gasteiger partial charge in [0.15, 0.2) is 0 Å². The van der Waals surface area contributed by atoms with Crippen LogP contribution in [0.5, 0.6) is 0 Å². The molecule has 2 nitrogen and oxygen atoms in total. The Kier molecular flexibility index (Phi) is 4.58. The van der Waals surface area contributed by atoms with E-state index in [-0.39, 0.29) is 6.04 Å². The van der Waals surface area contributed by atoms with E-state index >= 15 is 0 Å². The molecule has 0 saturated carbocycles. The van der Waals surface area contributed by atoms with Gasteiger partial charge < -0.3 is 10.4 Å². The van der Waals surface area contributed by atoms with E-state index in [1.807, 2.05) is 67.6 Å². The van der Waals surface area contributed by atoms with Crippen LogP contribution >= 0.6 is 0 Å². The van der Waals surface area contributed by atoms with Crippen molar-refractivity contribution in [1.29, 1.82) is 0 Å². The fourth-order valence-corrected chi connectivity index (χ4v) is 2.67. The van der Waals surface area contributed by atoms with Crippen molar-refractivity contribution in [3.8, 4) is 0 Å². The average molecular weight is 269 g/mol. The second-order valence-electron chi connectivity index (χ2n) is 5.54. The van der Waals surface area contributed by atoms with Crippen LogP contribution in [0.4, 0.5) is 0 Å². The van der Waals surface area contributed by atoms with Crippen LogP contribution in [0.1, 0.15) is 31.9 Å². The van der Waals surface area contributed by atoms with Gasteiger partial charge >= 0.3 is 0 Å². The zero-order valence-corrected chi connectivity index (χ0v) is 12.4. The fourth-order valence-electron chi connectivity index (χ4n) is 2.67.